The lowest BCUT2D eigenvalue weighted by Gasteiger charge is -2.43. The molecule has 1 aliphatic rings. The maximum atomic E-state index is 12.2. The number of methoxy groups -OCH3 is 1. The van der Waals surface area contributed by atoms with Crippen molar-refractivity contribution in [2.45, 2.75) is 44.6 Å². The van der Waals surface area contributed by atoms with Gasteiger partial charge in [-0.1, -0.05) is 31.4 Å². The molecule has 0 radical (unpaired) electrons. The molecule has 1 saturated carbocycles. The number of hydrogen-bond donors (Lipinski definition) is 0. The molecule has 1 amide bonds. The molecule has 8 heteroatoms. The van der Waals surface area contributed by atoms with Crippen molar-refractivity contribution < 1.29 is 14.3 Å². The third-order valence-corrected chi connectivity index (χ3v) is 5.22. The van der Waals surface area contributed by atoms with Gasteiger partial charge in [-0.25, -0.2) is 4.79 Å². The fourth-order valence-electron chi connectivity index (χ4n) is 3.73. The van der Waals surface area contributed by atoms with E-state index in [0.717, 1.165) is 32.1 Å². The molecule has 1 aromatic carbocycles. The minimum Gasteiger partial charge on any atom is -0.465 e. The van der Waals surface area contributed by atoms with Crippen LogP contribution in [0.25, 0.3) is 5.69 Å². The van der Waals surface area contributed by atoms with Gasteiger partial charge < -0.3 is 9.64 Å². The SMILES string of the molecule is COC(=O)c1ccccc1-n1nnnc1C1(N(C)C(C)=O)CCCCC1. The van der Waals surface area contributed by atoms with Gasteiger partial charge in [-0.3, -0.25) is 4.79 Å². The van der Waals surface area contributed by atoms with Crippen molar-refractivity contribution in [2.24, 2.45) is 0 Å². The van der Waals surface area contributed by atoms with Gasteiger partial charge in [0.1, 0.15) is 5.54 Å². The summed E-state index contributed by atoms with van der Waals surface area (Å²) in [6.07, 6.45) is 4.66. The summed E-state index contributed by atoms with van der Waals surface area (Å²) in [6.45, 7) is 1.55. The Morgan fingerprint density at radius 2 is 1.88 bits per heavy atom. The summed E-state index contributed by atoms with van der Waals surface area (Å²) in [5, 5.41) is 12.3. The third kappa shape index (κ3) is 2.95. The first-order valence-electron chi connectivity index (χ1n) is 8.72. The van der Waals surface area contributed by atoms with Crippen molar-refractivity contribution in [3.05, 3.63) is 35.7 Å². The summed E-state index contributed by atoms with van der Waals surface area (Å²) in [7, 11) is 3.13. The van der Waals surface area contributed by atoms with Crippen LogP contribution in [0.3, 0.4) is 0 Å². The molecular formula is C18H23N5O3. The number of nitrogens with zero attached hydrogens (tertiary/aromatic N) is 5. The predicted octanol–water partition coefficient (Wildman–Crippen LogP) is 2.09. The number of benzene rings is 1. The second-order valence-electron chi connectivity index (χ2n) is 6.59. The molecule has 1 fully saturated rings. The molecule has 1 aliphatic carbocycles. The Kier molecular flexibility index (Phi) is 5.01. The highest BCUT2D eigenvalue weighted by molar-refractivity contribution is 5.93. The van der Waals surface area contributed by atoms with Crippen LogP contribution >= 0.6 is 0 Å². The van der Waals surface area contributed by atoms with Crippen LogP contribution in [-0.2, 0) is 15.1 Å². The van der Waals surface area contributed by atoms with Gasteiger partial charge in [-0.15, -0.1) is 5.10 Å². The minimum absolute atomic E-state index is 0.0392. The van der Waals surface area contributed by atoms with E-state index < -0.39 is 11.5 Å². The molecule has 0 atom stereocenters. The third-order valence-electron chi connectivity index (χ3n) is 5.22. The van der Waals surface area contributed by atoms with Gasteiger partial charge in [0.2, 0.25) is 5.91 Å². The van der Waals surface area contributed by atoms with Crippen LogP contribution in [0, 0.1) is 0 Å². The first kappa shape index (κ1) is 18.0. The molecular weight excluding hydrogens is 334 g/mol. The Morgan fingerprint density at radius 1 is 1.19 bits per heavy atom. The van der Waals surface area contributed by atoms with E-state index in [-0.39, 0.29) is 5.91 Å². The fourth-order valence-corrected chi connectivity index (χ4v) is 3.73. The highest BCUT2D eigenvalue weighted by atomic mass is 16.5. The average molecular weight is 357 g/mol. The molecule has 1 heterocycles. The predicted molar refractivity (Wildman–Crippen MR) is 93.7 cm³/mol. The smallest absolute Gasteiger partial charge is 0.340 e. The van der Waals surface area contributed by atoms with Gasteiger partial charge in [0.25, 0.3) is 0 Å². The van der Waals surface area contributed by atoms with E-state index in [1.807, 2.05) is 6.07 Å². The number of hydrogen-bond acceptors (Lipinski definition) is 6. The molecule has 0 N–H and O–H groups in total. The van der Waals surface area contributed by atoms with Gasteiger partial charge in [0.15, 0.2) is 5.82 Å². The molecule has 3 rings (SSSR count). The van der Waals surface area contributed by atoms with Crippen LogP contribution in [0.2, 0.25) is 0 Å². The molecule has 0 aliphatic heterocycles. The van der Waals surface area contributed by atoms with E-state index in [1.165, 1.54) is 7.11 Å². The summed E-state index contributed by atoms with van der Waals surface area (Å²) in [6, 6.07) is 7.03. The summed E-state index contributed by atoms with van der Waals surface area (Å²) < 4.78 is 6.45. The van der Waals surface area contributed by atoms with Crippen LogP contribution in [0.4, 0.5) is 0 Å². The van der Waals surface area contributed by atoms with Crippen LogP contribution in [0.5, 0.6) is 0 Å². The number of tetrazole rings is 1. The Hall–Kier alpha value is -2.77. The van der Waals surface area contributed by atoms with Gasteiger partial charge in [0, 0.05) is 14.0 Å². The van der Waals surface area contributed by atoms with E-state index in [2.05, 4.69) is 15.5 Å². The van der Waals surface area contributed by atoms with E-state index in [4.69, 9.17) is 4.74 Å². The monoisotopic (exact) mass is 357 g/mol. The van der Waals surface area contributed by atoms with Gasteiger partial charge >= 0.3 is 5.97 Å². The zero-order valence-electron chi connectivity index (χ0n) is 15.3. The molecule has 26 heavy (non-hydrogen) atoms. The quantitative estimate of drug-likeness (QED) is 0.778. The first-order valence-corrected chi connectivity index (χ1v) is 8.72. The van der Waals surface area contributed by atoms with Crippen molar-refractivity contribution in [3.8, 4) is 5.69 Å². The molecule has 2 aromatic rings. The summed E-state index contributed by atoms with van der Waals surface area (Å²) in [5.74, 6) is 0.0774. The molecule has 1 aromatic heterocycles. The lowest BCUT2D eigenvalue weighted by atomic mass is 9.79. The van der Waals surface area contributed by atoms with Crippen molar-refractivity contribution in [3.63, 3.8) is 0 Å². The Balaban J connectivity index is 2.16. The zero-order valence-corrected chi connectivity index (χ0v) is 15.3. The lowest BCUT2D eigenvalue weighted by Crippen LogP contribution is -2.49. The van der Waals surface area contributed by atoms with E-state index in [0.29, 0.717) is 17.1 Å². The van der Waals surface area contributed by atoms with Crippen LogP contribution in [-0.4, -0.2) is 51.1 Å². The Morgan fingerprint density at radius 3 is 2.54 bits per heavy atom. The molecule has 0 saturated heterocycles. The molecule has 0 unspecified atom stereocenters. The van der Waals surface area contributed by atoms with Crippen LogP contribution < -0.4 is 0 Å². The van der Waals surface area contributed by atoms with Crippen LogP contribution in [0.1, 0.15) is 55.2 Å². The van der Waals surface area contributed by atoms with Gasteiger partial charge in [-0.2, -0.15) is 4.68 Å². The number of para-hydroxylation sites is 1. The summed E-state index contributed by atoms with van der Waals surface area (Å²) in [5.41, 5.74) is 0.331. The number of aromatic nitrogens is 4. The summed E-state index contributed by atoms with van der Waals surface area (Å²) in [4.78, 5) is 26.1. The maximum absolute atomic E-state index is 12.2. The fraction of sp³-hybridized carbons (Fsp3) is 0.500. The number of esters is 1. The van der Waals surface area contributed by atoms with E-state index in [9.17, 15) is 9.59 Å². The standard InChI is InChI=1S/C18H23N5O3/c1-13(24)22(2)18(11-7-4-8-12-18)17-19-20-21-23(17)15-10-6-5-9-14(15)16(25)26-3/h5-6,9-10H,4,7-8,11-12H2,1-3H3. The number of carbonyl (C=O) groups excluding carboxylic acids is 2. The van der Waals surface area contributed by atoms with Gasteiger partial charge in [0.05, 0.1) is 18.4 Å². The lowest BCUT2D eigenvalue weighted by molar-refractivity contribution is -0.135. The normalized spacial score (nSPS) is 16.1. The second-order valence-corrected chi connectivity index (χ2v) is 6.59. The number of amides is 1. The van der Waals surface area contributed by atoms with Crippen molar-refractivity contribution in [2.75, 3.05) is 14.2 Å². The number of rotatable bonds is 4. The molecule has 138 valence electrons. The topological polar surface area (TPSA) is 90.2 Å². The number of carbonyl (C=O) groups is 2. The van der Waals surface area contributed by atoms with E-state index >= 15 is 0 Å². The van der Waals surface area contributed by atoms with Gasteiger partial charge in [-0.05, 0) is 35.4 Å². The zero-order chi connectivity index (χ0) is 18.7. The van der Waals surface area contributed by atoms with Crippen molar-refractivity contribution >= 4 is 11.9 Å². The Labute approximate surface area is 152 Å². The van der Waals surface area contributed by atoms with Crippen molar-refractivity contribution in [1.82, 2.24) is 25.1 Å². The van der Waals surface area contributed by atoms with E-state index in [1.54, 1.807) is 41.8 Å². The van der Waals surface area contributed by atoms with Crippen molar-refractivity contribution in [1.29, 1.82) is 0 Å². The first-order chi connectivity index (χ1) is 12.5. The number of ether oxygens (including phenoxy) is 1. The molecule has 0 spiro atoms. The average Bonchev–Trinajstić information content (AvgIpc) is 3.17. The molecule has 0 bridgehead atoms. The second kappa shape index (κ2) is 7.23. The summed E-state index contributed by atoms with van der Waals surface area (Å²) >= 11 is 0. The largest absolute Gasteiger partial charge is 0.465 e. The maximum Gasteiger partial charge on any atom is 0.340 e. The Bertz CT molecular complexity index is 811. The van der Waals surface area contributed by atoms with Crippen LogP contribution in [0.15, 0.2) is 24.3 Å². The highest BCUT2D eigenvalue weighted by Crippen LogP contribution is 2.41. The molecule has 8 nitrogen and oxygen atoms in total. The highest BCUT2D eigenvalue weighted by Gasteiger charge is 2.44. The minimum atomic E-state index is -0.586.